The Bertz CT molecular complexity index is 493. The summed E-state index contributed by atoms with van der Waals surface area (Å²) in [5, 5.41) is 3.03. The third kappa shape index (κ3) is 3.87. The van der Waals surface area contributed by atoms with E-state index in [1.54, 1.807) is 16.7 Å². The number of unbranched alkanes of at least 4 members (excludes halogenated alkanes) is 1. The van der Waals surface area contributed by atoms with E-state index in [9.17, 15) is 4.79 Å². The Labute approximate surface area is 129 Å². The van der Waals surface area contributed by atoms with Crippen molar-refractivity contribution in [3.8, 4) is 0 Å². The van der Waals surface area contributed by atoms with E-state index in [4.69, 9.17) is 0 Å². The number of hydrogen-bond acceptors (Lipinski definition) is 1. The van der Waals surface area contributed by atoms with Crippen LogP contribution in [-0.2, 0) is 17.6 Å². The van der Waals surface area contributed by atoms with Gasteiger partial charge in [-0.25, -0.2) is 0 Å². The summed E-state index contributed by atoms with van der Waals surface area (Å²) in [5.41, 5.74) is 6.22. The third-order valence-electron chi connectivity index (χ3n) is 4.77. The fourth-order valence-electron chi connectivity index (χ4n) is 3.51. The maximum atomic E-state index is 11.4. The largest absolute Gasteiger partial charge is 0.356 e. The minimum absolute atomic E-state index is 0.170. The molecule has 1 N–H and O–H groups in total. The summed E-state index contributed by atoms with van der Waals surface area (Å²) in [4.78, 5) is 11.4. The van der Waals surface area contributed by atoms with E-state index in [0.717, 1.165) is 13.0 Å². The predicted octanol–water partition coefficient (Wildman–Crippen LogP) is 4.28. The molecule has 1 amide bonds. The van der Waals surface area contributed by atoms with Crippen molar-refractivity contribution in [1.29, 1.82) is 0 Å². The molecule has 0 radical (unpaired) electrons. The van der Waals surface area contributed by atoms with Crippen molar-refractivity contribution in [3.63, 3.8) is 0 Å². The Hall–Kier alpha value is -1.31. The van der Waals surface area contributed by atoms with Crippen LogP contribution in [0, 0.1) is 6.92 Å². The maximum Gasteiger partial charge on any atom is 0.219 e. The minimum atomic E-state index is 0.170. The van der Waals surface area contributed by atoms with Gasteiger partial charge in [0, 0.05) is 13.0 Å². The molecule has 2 rings (SSSR count). The second kappa shape index (κ2) is 7.63. The van der Waals surface area contributed by atoms with Gasteiger partial charge < -0.3 is 5.32 Å². The van der Waals surface area contributed by atoms with E-state index >= 15 is 0 Å². The van der Waals surface area contributed by atoms with Crippen LogP contribution in [0.1, 0.15) is 74.1 Å². The van der Waals surface area contributed by atoms with Gasteiger partial charge in [-0.15, -0.1) is 0 Å². The molecule has 0 saturated heterocycles. The lowest BCUT2D eigenvalue weighted by Crippen LogP contribution is -2.24. The van der Waals surface area contributed by atoms with Crippen LogP contribution in [0.3, 0.4) is 0 Å². The van der Waals surface area contributed by atoms with Crippen molar-refractivity contribution < 1.29 is 4.79 Å². The van der Waals surface area contributed by atoms with Crippen LogP contribution in [0.4, 0.5) is 0 Å². The van der Waals surface area contributed by atoms with Crippen molar-refractivity contribution in [2.75, 3.05) is 6.54 Å². The number of amides is 1. The molecule has 2 nitrogen and oxygen atoms in total. The van der Waals surface area contributed by atoms with Crippen molar-refractivity contribution in [1.82, 2.24) is 5.32 Å². The molecular formula is C19H29NO. The highest BCUT2D eigenvalue weighted by atomic mass is 16.1. The van der Waals surface area contributed by atoms with Gasteiger partial charge in [0.25, 0.3) is 0 Å². The van der Waals surface area contributed by atoms with Crippen molar-refractivity contribution in [2.45, 2.75) is 71.6 Å². The van der Waals surface area contributed by atoms with E-state index in [1.807, 2.05) is 6.92 Å². The molecule has 1 aliphatic carbocycles. The van der Waals surface area contributed by atoms with Gasteiger partial charge in [0.1, 0.15) is 0 Å². The number of rotatable bonds is 7. The standard InChI is InChI=1S/C19H29NO/c1-4-6-7-17-14(3)8-9-15-10-11-16(19(15)17)12-13-20-18(21)5-2/h8-9,16H,4-7,10-13H2,1-3H3,(H,20,21)/t16-/m0/s1. The number of hydrogen-bond donors (Lipinski definition) is 1. The number of benzene rings is 1. The van der Waals surface area contributed by atoms with Gasteiger partial charge in [-0.1, -0.05) is 32.4 Å². The smallest absolute Gasteiger partial charge is 0.219 e. The van der Waals surface area contributed by atoms with Gasteiger partial charge >= 0.3 is 0 Å². The molecule has 116 valence electrons. The zero-order valence-electron chi connectivity index (χ0n) is 13.8. The van der Waals surface area contributed by atoms with Gasteiger partial charge in [0.2, 0.25) is 5.91 Å². The average molecular weight is 287 g/mol. The second-order valence-electron chi connectivity index (χ2n) is 6.27. The maximum absolute atomic E-state index is 11.4. The first-order valence-corrected chi connectivity index (χ1v) is 8.55. The van der Waals surface area contributed by atoms with Gasteiger partial charge in [-0.3, -0.25) is 4.79 Å². The van der Waals surface area contributed by atoms with E-state index in [-0.39, 0.29) is 5.91 Å². The van der Waals surface area contributed by atoms with Crippen LogP contribution in [0.2, 0.25) is 0 Å². The quantitative estimate of drug-likeness (QED) is 0.796. The van der Waals surface area contributed by atoms with Gasteiger partial charge in [-0.2, -0.15) is 0 Å². The molecule has 0 spiro atoms. The lowest BCUT2D eigenvalue weighted by molar-refractivity contribution is -0.120. The molecule has 1 aromatic carbocycles. The SMILES string of the molecule is CCCCc1c(C)ccc2c1[C@H](CCNC(=O)CC)CC2. The van der Waals surface area contributed by atoms with Crippen LogP contribution in [0.5, 0.6) is 0 Å². The molecule has 2 heteroatoms. The average Bonchev–Trinajstić information content (AvgIpc) is 2.89. The lowest BCUT2D eigenvalue weighted by Gasteiger charge is -2.18. The minimum Gasteiger partial charge on any atom is -0.356 e. The normalized spacial score (nSPS) is 16.8. The van der Waals surface area contributed by atoms with E-state index < -0.39 is 0 Å². The summed E-state index contributed by atoms with van der Waals surface area (Å²) >= 11 is 0. The lowest BCUT2D eigenvalue weighted by atomic mass is 9.88. The highest BCUT2D eigenvalue weighted by Crippen LogP contribution is 2.39. The summed E-state index contributed by atoms with van der Waals surface area (Å²) in [6.07, 6.45) is 7.87. The Morgan fingerprint density at radius 1 is 1.33 bits per heavy atom. The number of aryl methyl sites for hydroxylation is 2. The first-order chi connectivity index (χ1) is 10.2. The van der Waals surface area contributed by atoms with E-state index in [0.29, 0.717) is 12.3 Å². The van der Waals surface area contributed by atoms with Crippen LogP contribution in [0.25, 0.3) is 0 Å². The van der Waals surface area contributed by atoms with Gasteiger partial charge in [0.15, 0.2) is 0 Å². The Morgan fingerprint density at radius 3 is 2.86 bits per heavy atom. The summed E-state index contributed by atoms with van der Waals surface area (Å²) in [6, 6.07) is 4.62. The first-order valence-electron chi connectivity index (χ1n) is 8.55. The number of carbonyl (C=O) groups excluding carboxylic acids is 1. The van der Waals surface area contributed by atoms with E-state index in [1.165, 1.54) is 37.7 Å². The molecule has 1 aromatic rings. The van der Waals surface area contributed by atoms with Crippen LogP contribution in [0.15, 0.2) is 12.1 Å². The Morgan fingerprint density at radius 2 is 2.14 bits per heavy atom. The molecule has 1 atom stereocenters. The zero-order valence-corrected chi connectivity index (χ0v) is 13.8. The molecule has 0 saturated carbocycles. The molecule has 0 unspecified atom stereocenters. The number of nitrogens with one attached hydrogen (secondary N) is 1. The summed E-state index contributed by atoms with van der Waals surface area (Å²) in [6.45, 7) is 7.24. The molecule has 0 bridgehead atoms. The summed E-state index contributed by atoms with van der Waals surface area (Å²) in [5.74, 6) is 0.813. The van der Waals surface area contributed by atoms with Crippen molar-refractivity contribution >= 4 is 5.91 Å². The molecule has 0 aromatic heterocycles. The van der Waals surface area contributed by atoms with Crippen LogP contribution < -0.4 is 5.32 Å². The van der Waals surface area contributed by atoms with Crippen molar-refractivity contribution in [2.24, 2.45) is 0 Å². The van der Waals surface area contributed by atoms with Crippen molar-refractivity contribution in [3.05, 3.63) is 34.4 Å². The fourth-order valence-corrected chi connectivity index (χ4v) is 3.51. The molecule has 0 aliphatic heterocycles. The Balaban J connectivity index is 2.09. The van der Waals surface area contributed by atoms with Crippen LogP contribution in [-0.4, -0.2) is 12.5 Å². The fraction of sp³-hybridized carbons (Fsp3) is 0.632. The topological polar surface area (TPSA) is 29.1 Å². The third-order valence-corrected chi connectivity index (χ3v) is 4.77. The molecular weight excluding hydrogens is 258 g/mol. The molecule has 1 aliphatic rings. The highest BCUT2D eigenvalue weighted by Gasteiger charge is 2.25. The van der Waals surface area contributed by atoms with Crippen LogP contribution >= 0.6 is 0 Å². The summed E-state index contributed by atoms with van der Waals surface area (Å²) < 4.78 is 0. The highest BCUT2D eigenvalue weighted by molar-refractivity contribution is 5.75. The number of carbonyl (C=O) groups is 1. The molecule has 0 heterocycles. The summed E-state index contributed by atoms with van der Waals surface area (Å²) in [7, 11) is 0. The first kappa shape index (κ1) is 16.1. The Kier molecular flexibility index (Phi) is 5.84. The molecule has 0 fully saturated rings. The van der Waals surface area contributed by atoms with Gasteiger partial charge in [-0.05, 0) is 67.2 Å². The second-order valence-corrected chi connectivity index (χ2v) is 6.27. The monoisotopic (exact) mass is 287 g/mol. The van der Waals surface area contributed by atoms with E-state index in [2.05, 4.69) is 31.3 Å². The predicted molar refractivity (Wildman–Crippen MR) is 88.8 cm³/mol. The zero-order chi connectivity index (χ0) is 15.2. The number of fused-ring (bicyclic) bond motifs is 1. The van der Waals surface area contributed by atoms with Gasteiger partial charge in [0.05, 0.1) is 0 Å². The molecule has 21 heavy (non-hydrogen) atoms.